The van der Waals surface area contributed by atoms with Crippen molar-refractivity contribution in [2.24, 2.45) is 0 Å². The van der Waals surface area contributed by atoms with Gasteiger partial charge >= 0.3 is 0 Å². The number of hydrogen-bond donors (Lipinski definition) is 2. The van der Waals surface area contributed by atoms with Crippen LogP contribution in [-0.4, -0.2) is 20.7 Å². The van der Waals surface area contributed by atoms with Gasteiger partial charge in [0, 0.05) is 27.0 Å². The smallest absolute Gasteiger partial charge is 0.255 e. The number of aromatic nitrogens is 3. The van der Waals surface area contributed by atoms with Gasteiger partial charge in [-0.15, -0.1) is 0 Å². The Morgan fingerprint density at radius 2 is 1.81 bits per heavy atom. The van der Waals surface area contributed by atoms with E-state index in [9.17, 15) is 4.79 Å². The minimum absolute atomic E-state index is 0.215. The molecule has 3 aromatic carbocycles. The highest BCUT2D eigenvalue weighted by Gasteiger charge is 2.33. The molecule has 9 heteroatoms. The molecule has 0 saturated heterocycles. The molecule has 7 nitrogen and oxygen atoms in total. The summed E-state index contributed by atoms with van der Waals surface area (Å²) in [6.45, 7) is 4.17. The maximum absolute atomic E-state index is 13.4. The Morgan fingerprint density at radius 1 is 1.06 bits per heavy atom. The molecule has 1 aromatic heterocycles. The van der Waals surface area contributed by atoms with Crippen LogP contribution in [0.5, 0.6) is 5.75 Å². The third-order valence-electron chi connectivity index (χ3n) is 5.95. The zero-order valence-corrected chi connectivity index (χ0v) is 21.1. The fourth-order valence-corrected chi connectivity index (χ4v) is 4.54. The van der Waals surface area contributed by atoms with Crippen molar-refractivity contribution in [1.82, 2.24) is 14.8 Å². The average Bonchev–Trinajstić information content (AvgIpc) is 3.32. The quantitative estimate of drug-likeness (QED) is 0.308. The number of amides is 1. The lowest BCUT2D eigenvalue weighted by atomic mass is 9.95. The molecule has 0 spiro atoms. The zero-order valence-electron chi connectivity index (χ0n) is 19.6. The first-order chi connectivity index (χ1) is 17.4. The lowest BCUT2D eigenvalue weighted by Gasteiger charge is -2.28. The second-order valence-corrected chi connectivity index (χ2v) is 9.35. The first kappa shape index (κ1) is 23.9. The molecule has 0 bridgehead atoms. The minimum Gasteiger partial charge on any atom is -0.489 e. The van der Waals surface area contributed by atoms with Crippen LogP contribution in [0.4, 0.5) is 11.6 Å². The number of nitrogens with zero attached hydrogens (tertiary/aromatic N) is 3. The van der Waals surface area contributed by atoms with Gasteiger partial charge in [0.05, 0.1) is 5.57 Å². The number of benzene rings is 3. The van der Waals surface area contributed by atoms with Gasteiger partial charge in [0.15, 0.2) is 0 Å². The van der Waals surface area contributed by atoms with Crippen molar-refractivity contribution in [3.63, 3.8) is 0 Å². The molecule has 36 heavy (non-hydrogen) atoms. The van der Waals surface area contributed by atoms with Crippen molar-refractivity contribution in [2.75, 3.05) is 10.6 Å². The Hall–Kier alpha value is -3.81. The van der Waals surface area contributed by atoms with Crippen LogP contribution in [0.1, 0.15) is 29.7 Å². The molecule has 0 saturated carbocycles. The highest BCUT2D eigenvalue weighted by molar-refractivity contribution is 6.35. The maximum Gasteiger partial charge on any atom is 0.255 e. The lowest BCUT2D eigenvalue weighted by Crippen LogP contribution is -2.31. The SMILES string of the molecule is CC1=C(C(=O)Nc2ccc(C)cc2)C(c2ccc(OCc3ccc(Cl)cc3Cl)cc2)n2ncnc2N1. The average molecular weight is 520 g/mol. The third kappa shape index (κ3) is 4.94. The van der Waals surface area contributed by atoms with Crippen molar-refractivity contribution in [2.45, 2.75) is 26.5 Å². The fourth-order valence-electron chi connectivity index (χ4n) is 4.07. The molecule has 0 aliphatic carbocycles. The number of halogens is 2. The summed E-state index contributed by atoms with van der Waals surface area (Å²) in [7, 11) is 0. The van der Waals surface area contributed by atoms with E-state index in [-0.39, 0.29) is 5.91 Å². The van der Waals surface area contributed by atoms with Crippen molar-refractivity contribution in [3.05, 3.63) is 111 Å². The summed E-state index contributed by atoms with van der Waals surface area (Å²) < 4.78 is 7.64. The number of ether oxygens (including phenoxy) is 1. The molecule has 2 N–H and O–H groups in total. The van der Waals surface area contributed by atoms with Gasteiger partial charge < -0.3 is 15.4 Å². The molecule has 1 aliphatic heterocycles. The highest BCUT2D eigenvalue weighted by atomic mass is 35.5. The Kier molecular flexibility index (Phi) is 6.67. The van der Waals surface area contributed by atoms with Crippen LogP contribution >= 0.6 is 23.2 Å². The number of carbonyl (C=O) groups excluding carboxylic acids is 1. The number of allylic oxidation sites excluding steroid dienone is 1. The van der Waals surface area contributed by atoms with Gasteiger partial charge in [-0.05, 0) is 55.8 Å². The Bertz CT molecular complexity index is 1450. The molecule has 1 atom stereocenters. The summed E-state index contributed by atoms with van der Waals surface area (Å²) in [5.74, 6) is 1.03. The topological polar surface area (TPSA) is 81.1 Å². The molecule has 0 fully saturated rings. The predicted molar refractivity (Wildman–Crippen MR) is 142 cm³/mol. The predicted octanol–water partition coefficient (Wildman–Crippen LogP) is 6.40. The Labute approximate surface area is 218 Å². The second kappa shape index (κ2) is 10.0. The van der Waals surface area contributed by atoms with E-state index in [0.29, 0.717) is 39.6 Å². The van der Waals surface area contributed by atoms with Crippen LogP contribution in [-0.2, 0) is 11.4 Å². The number of anilines is 2. The molecular formula is C27H23Cl2N5O2. The zero-order chi connectivity index (χ0) is 25.2. The summed E-state index contributed by atoms with van der Waals surface area (Å²) >= 11 is 12.2. The molecule has 0 radical (unpaired) electrons. The number of rotatable bonds is 6. The van der Waals surface area contributed by atoms with Gasteiger partial charge in [0.2, 0.25) is 5.95 Å². The first-order valence-corrected chi connectivity index (χ1v) is 12.1. The number of nitrogens with one attached hydrogen (secondary N) is 2. The monoisotopic (exact) mass is 519 g/mol. The van der Waals surface area contributed by atoms with Crippen LogP contribution < -0.4 is 15.4 Å². The van der Waals surface area contributed by atoms with Gasteiger partial charge in [0.25, 0.3) is 5.91 Å². The van der Waals surface area contributed by atoms with Crippen LogP contribution in [0.25, 0.3) is 0 Å². The Balaban J connectivity index is 1.40. The van der Waals surface area contributed by atoms with Crippen LogP contribution in [0.15, 0.2) is 84.3 Å². The molecule has 182 valence electrons. The largest absolute Gasteiger partial charge is 0.489 e. The van der Waals surface area contributed by atoms with Crippen LogP contribution in [0.2, 0.25) is 10.0 Å². The summed E-state index contributed by atoms with van der Waals surface area (Å²) in [5, 5.41) is 11.7. The van der Waals surface area contributed by atoms with Crippen molar-refractivity contribution in [1.29, 1.82) is 0 Å². The molecule has 1 aliphatic rings. The number of fused-ring (bicyclic) bond motifs is 1. The van der Waals surface area contributed by atoms with E-state index in [1.54, 1.807) is 16.8 Å². The molecule has 1 amide bonds. The van der Waals surface area contributed by atoms with Crippen molar-refractivity contribution < 1.29 is 9.53 Å². The lowest BCUT2D eigenvalue weighted by molar-refractivity contribution is -0.113. The van der Waals surface area contributed by atoms with E-state index in [1.807, 2.05) is 68.4 Å². The van der Waals surface area contributed by atoms with Crippen molar-refractivity contribution >= 4 is 40.7 Å². The van der Waals surface area contributed by atoms with E-state index in [4.69, 9.17) is 27.9 Å². The summed E-state index contributed by atoms with van der Waals surface area (Å²) in [6.07, 6.45) is 1.47. The van der Waals surface area contributed by atoms with E-state index in [2.05, 4.69) is 20.7 Å². The van der Waals surface area contributed by atoms with E-state index >= 15 is 0 Å². The first-order valence-electron chi connectivity index (χ1n) is 11.3. The van der Waals surface area contributed by atoms with E-state index < -0.39 is 6.04 Å². The molecular weight excluding hydrogens is 497 g/mol. The van der Waals surface area contributed by atoms with Gasteiger partial charge in [-0.3, -0.25) is 4.79 Å². The Morgan fingerprint density at radius 3 is 2.53 bits per heavy atom. The fraction of sp³-hybridized carbons (Fsp3) is 0.148. The van der Waals surface area contributed by atoms with E-state index in [0.717, 1.165) is 22.4 Å². The minimum atomic E-state index is -0.464. The van der Waals surface area contributed by atoms with Gasteiger partial charge in [-0.1, -0.05) is 59.1 Å². The maximum atomic E-state index is 13.4. The third-order valence-corrected chi connectivity index (χ3v) is 6.54. The standard InChI is InChI=1S/C27H23Cl2N5O2/c1-16-3-9-21(10-4-16)33-26(35)24-17(2)32-27-30-15-31-34(27)25(24)18-6-11-22(12-7-18)36-14-19-5-8-20(28)13-23(19)29/h3-13,15,25H,14H2,1-2H3,(H,33,35)(H,30,31,32). The molecule has 4 aromatic rings. The van der Waals surface area contributed by atoms with Gasteiger partial charge in [0.1, 0.15) is 24.7 Å². The van der Waals surface area contributed by atoms with Crippen LogP contribution in [0.3, 0.4) is 0 Å². The van der Waals surface area contributed by atoms with Crippen LogP contribution in [0, 0.1) is 6.92 Å². The highest BCUT2D eigenvalue weighted by Crippen LogP contribution is 2.36. The number of hydrogen-bond acceptors (Lipinski definition) is 5. The van der Waals surface area contributed by atoms with Gasteiger partial charge in [-0.2, -0.15) is 10.1 Å². The molecule has 1 unspecified atom stereocenters. The van der Waals surface area contributed by atoms with Crippen molar-refractivity contribution in [3.8, 4) is 5.75 Å². The van der Waals surface area contributed by atoms with Gasteiger partial charge in [-0.25, -0.2) is 4.68 Å². The second-order valence-electron chi connectivity index (χ2n) is 8.51. The summed E-state index contributed by atoms with van der Waals surface area (Å²) in [6, 6.07) is 20.1. The van der Waals surface area contributed by atoms with E-state index in [1.165, 1.54) is 6.33 Å². The summed E-state index contributed by atoms with van der Waals surface area (Å²) in [5.41, 5.74) is 4.81. The molecule has 5 rings (SSSR count). The molecule has 2 heterocycles. The summed E-state index contributed by atoms with van der Waals surface area (Å²) in [4.78, 5) is 17.7. The normalized spacial score (nSPS) is 14.7. The number of aryl methyl sites for hydroxylation is 1. The number of carbonyl (C=O) groups is 1.